The quantitative estimate of drug-likeness (QED) is 0.749. The van der Waals surface area contributed by atoms with E-state index in [1.165, 1.54) is 45.1 Å². The highest BCUT2D eigenvalue weighted by Gasteiger charge is 2.46. The lowest BCUT2D eigenvalue weighted by Crippen LogP contribution is -2.56. The summed E-state index contributed by atoms with van der Waals surface area (Å²) < 4.78 is 0. The summed E-state index contributed by atoms with van der Waals surface area (Å²) in [6, 6.07) is 0.661. The molecule has 2 nitrogen and oxygen atoms in total. The van der Waals surface area contributed by atoms with Gasteiger partial charge in [-0.3, -0.25) is 4.90 Å². The fourth-order valence-electron chi connectivity index (χ4n) is 3.65. The minimum absolute atomic E-state index is 0.272. The molecule has 18 heavy (non-hydrogen) atoms. The van der Waals surface area contributed by atoms with E-state index < -0.39 is 0 Å². The monoisotopic (exact) mass is 254 g/mol. The van der Waals surface area contributed by atoms with Gasteiger partial charge in [0.15, 0.2) is 0 Å². The van der Waals surface area contributed by atoms with Gasteiger partial charge in [0, 0.05) is 18.1 Å². The van der Waals surface area contributed by atoms with Crippen molar-refractivity contribution in [2.45, 2.75) is 84.7 Å². The van der Waals surface area contributed by atoms with Crippen LogP contribution < -0.4 is 5.73 Å². The number of nitrogens with two attached hydrogens (primary N) is 1. The molecule has 2 atom stereocenters. The number of rotatable bonds is 7. The average Bonchev–Trinajstić information content (AvgIpc) is 2.66. The topological polar surface area (TPSA) is 29.3 Å². The molecular weight excluding hydrogens is 220 g/mol. The van der Waals surface area contributed by atoms with Crippen LogP contribution in [0, 0.1) is 5.41 Å². The standard InChI is InChI=1S/C16H34N2/c1-6-8-11-18(14(3)7-2)16(13-17)10-9-15(4,5)12-16/h14H,6-13,17H2,1-5H3. The van der Waals surface area contributed by atoms with E-state index in [1.54, 1.807) is 0 Å². The highest BCUT2D eigenvalue weighted by molar-refractivity contribution is 5.03. The van der Waals surface area contributed by atoms with Crippen molar-refractivity contribution in [3.63, 3.8) is 0 Å². The third kappa shape index (κ3) is 3.48. The summed E-state index contributed by atoms with van der Waals surface area (Å²) in [5.41, 5.74) is 6.95. The van der Waals surface area contributed by atoms with Gasteiger partial charge >= 0.3 is 0 Å². The largest absolute Gasteiger partial charge is 0.329 e. The maximum atomic E-state index is 6.21. The van der Waals surface area contributed by atoms with E-state index in [-0.39, 0.29) is 5.54 Å². The number of nitrogens with zero attached hydrogens (tertiary/aromatic N) is 1. The van der Waals surface area contributed by atoms with E-state index >= 15 is 0 Å². The Morgan fingerprint density at radius 2 is 1.89 bits per heavy atom. The lowest BCUT2D eigenvalue weighted by Gasteiger charge is -2.45. The van der Waals surface area contributed by atoms with E-state index in [0.717, 1.165) is 6.54 Å². The van der Waals surface area contributed by atoms with Gasteiger partial charge in [0.05, 0.1) is 0 Å². The maximum Gasteiger partial charge on any atom is 0.0339 e. The molecule has 0 saturated heterocycles. The van der Waals surface area contributed by atoms with Crippen LogP contribution in [0.1, 0.15) is 73.1 Å². The summed E-state index contributed by atoms with van der Waals surface area (Å²) in [4.78, 5) is 2.74. The lowest BCUT2D eigenvalue weighted by molar-refractivity contribution is 0.0475. The lowest BCUT2D eigenvalue weighted by atomic mass is 9.85. The molecule has 0 aromatic carbocycles. The Bertz CT molecular complexity index is 249. The molecule has 2 unspecified atom stereocenters. The first-order valence-electron chi connectivity index (χ1n) is 7.87. The summed E-state index contributed by atoms with van der Waals surface area (Å²) in [7, 11) is 0. The first kappa shape index (κ1) is 16.0. The van der Waals surface area contributed by atoms with E-state index in [0.29, 0.717) is 11.5 Å². The maximum absolute atomic E-state index is 6.21. The number of hydrogen-bond donors (Lipinski definition) is 1. The molecule has 0 heterocycles. The Hall–Kier alpha value is -0.0800. The summed E-state index contributed by atoms with van der Waals surface area (Å²) in [5, 5.41) is 0. The predicted molar refractivity (Wildman–Crippen MR) is 80.8 cm³/mol. The van der Waals surface area contributed by atoms with Crippen LogP contribution >= 0.6 is 0 Å². The summed E-state index contributed by atoms with van der Waals surface area (Å²) in [6.45, 7) is 13.8. The molecule has 2 N–H and O–H groups in total. The molecule has 0 aromatic rings. The van der Waals surface area contributed by atoms with Gasteiger partial charge in [-0.2, -0.15) is 0 Å². The first-order chi connectivity index (χ1) is 8.40. The van der Waals surface area contributed by atoms with Crippen molar-refractivity contribution in [1.82, 2.24) is 4.90 Å². The molecule has 1 rings (SSSR count). The van der Waals surface area contributed by atoms with Crippen LogP contribution in [0.3, 0.4) is 0 Å². The Labute approximate surface area is 114 Å². The second-order valence-corrected chi connectivity index (χ2v) is 7.07. The molecular formula is C16H34N2. The first-order valence-corrected chi connectivity index (χ1v) is 7.87. The zero-order valence-electron chi connectivity index (χ0n) is 13.3. The third-order valence-corrected chi connectivity index (χ3v) is 4.94. The van der Waals surface area contributed by atoms with Gasteiger partial charge in [-0.1, -0.05) is 34.1 Å². The second-order valence-electron chi connectivity index (χ2n) is 7.07. The van der Waals surface area contributed by atoms with Crippen LogP contribution in [-0.2, 0) is 0 Å². The van der Waals surface area contributed by atoms with Crippen molar-refractivity contribution in [2.24, 2.45) is 11.1 Å². The van der Waals surface area contributed by atoms with Gasteiger partial charge in [0.25, 0.3) is 0 Å². The molecule has 1 saturated carbocycles. The van der Waals surface area contributed by atoms with E-state index in [1.807, 2.05) is 0 Å². The fraction of sp³-hybridized carbons (Fsp3) is 1.00. The molecule has 1 aliphatic carbocycles. The molecule has 1 fully saturated rings. The minimum Gasteiger partial charge on any atom is -0.329 e. The van der Waals surface area contributed by atoms with Crippen molar-refractivity contribution in [3.05, 3.63) is 0 Å². The van der Waals surface area contributed by atoms with Gasteiger partial charge < -0.3 is 5.73 Å². The molecule has 0 radical (unpaired) electrons. The van der Waals surface area contributed by atoms with Crippen LogP contribution in [0.2, 0.25) is 0 Å². The zero-order valence-corrected chi connectivity index (χ0v) is 13.3. The molecule has 2 heteroatoms. The minimum atomic E-state index is 0.272. The molecule has 0 aromatic heterocycles. The van der Waals surface area contributed by atoms with Crippen molar-refractivity contribution in [1.29, 1.82) is 0 Å². The Balaban J connectivity index is 2.86. The molecule has 108 valence electrons. The van der Waals surface area contributed by atoms with Crippen LogP contribution in [0.15, 0.2) is 0 Å². The highest BCUT2D eigenvalue weighted by Crippen LogP contribution is 2.47. The van der Waals surface area contributed by atoms with Gasteiger partial charge in [0.1, 0.15) is 0 Å². The molecule has 0 spiro atoms. The SMILES string of the molecule is CCCCN(C(C)CC)C1(CN)CCC(C)(C)C1. The van der Waals surface area contributed by atoms with E-state index in [4.69, 9.17) is 5.73 Å². The Morgan fingerprint density at radius 1 is 1.22 bits per heavy atom. The van der Waals surface area contributed by atoms with Crippen molar-refractivity contribution >= 4 is 0 Å². The van der Waals surface area contributed by atoms with E-state index in [9.17, 15) is 0 Å². The van der Waals surface area contributed by atoms with Gasteiger partial charge in [-0.05, 0) is 51.0 Å². The van der Waals surface area contributed by atoms with Gasteiger partial charge in [-0.15, -0.1) is 0 Å². The highest BCUT2D eigenvalue weighted by atomic mass is 15.2. The predicted octanol–water partition coefficient (Wildman–Crippen LogP) is 3.79. The second kappa shape index (κ2) is 6.38. The van der Waals surface area contributed by atoms with Crippen LogP contribution in [0.4, 0.5) is 0 Å². The van der Waals surface area contributed by atoms with Crippen molar-refractivity contribution in [3.8, 4) is 0 Å². The third-order valence-electron chi connectivity index (χ3n) is 4.94. The van der Waals surface area contributed by atoms with Crippen LogP contribution in [-0.4, -0.2) is 29.6 Å². The van der Waals surface area contributed by atoms with Gasteiger partial charge in [0.2, 0.25) is 0 Å². The summed E-state index contributed by atoms with van der Waals surface area (Å²) >= 11 is 0. The normalized spacial score (nSPS) is 28.8. The molecule has 0 amide bonds. The van der Waals surface area contributed by atoms with Crippen molar-refractivity contribution < 1.29 is 0 Å². The summed E-state index contributed by atoms with van der Waals surface area (Å²) in [5.74, 6) is 0. The molecule has 0 bridgehead atoms. The molecule has 0 aliphatic heterocycles. The molecule has 1 aliphatic rings. The van der Waals surface area contributed by atoms with E-state index in [2.05, 4.69) is 39.5 Å². The van der Waals surface area contributed by atoms with Crippen molar-refractivity contribution in [2.75, 3.05) is 13.1 Å². The smallest absolute Gasteiger partial charge is 0.0339 e. The zero-order chi connectivity index (χ0) is 13.8. The average molecular weight is 254 g/mol. The summed E-state index contributed by atoms with van der Waals surface area (Å²) in [6.07, 6.45) is 7.67. The Morgan fingerprint density at radius 3 is 2.28 bits per heavy atom. The van der Waals surface area contributed by atoms with Crippen LogP contribution in [0.25, 0.3) is 0 Å². The Kier molecular flexibility index (Phi) is 5.67. The van der Waals surface area contributed by atoms with Crippen LogP contribution in [0.5, 0.6) is 0 Å². The number of hydrogen-bond acceptors (Lipinski definition) is 2. The van der Waals surface area contributed by atoms with Gasteiger partial charge in [-0.25, -0.2) is 0 Å². The fourth-order valence-corrected chi connectivity index (χ4v) is 3.65. The number of unbranched alkanes of at least 4 members (excludes halogenated alkanes) is 1.